The maximum absolute atomic E-state index is 10.8. The Morgan fingerprint density at radius 1 is 1.06 bits per heavy atom. The van der Waals surface area contributed by atoms with Crippen molar-refractivity contribution in [3.63, 3.8) is 0 Å². The summed E-state index contributed by atoms with van der Waals surface area (Å²) >= 11 is 0. The first-order chi connectivity index (χ1) is 7.63. The molecule has 0 aliphatic rings. The Labute approximate surface area is 90.4 Å². The summed E-state index contributed by atoms with van der Waals surface area (Å²) in [5.41, 5.74) is 8.87. The lowest BCUT2D eigenvalue weighted by Crippen LogP contribution is -2.23. The van der Waals surface area contributed by atoms with Gasteiger partial charge in [-0.1, -0.05) is 4.70 Å². The minimum absolute atomic E-state index is 0.286. The van der Waals surface area contributed by atoms with E-state index in [9.17, 15) is 9.59 Å². The molecule has 2 amide bonds. The smallest absolute Gasteiger partial charge is 0.481 e. The van der Waals surface area contributed by atoms with Gasteiger partial charge in [0.25, 0.3) is 0 Å². The number of nitrogens with zero attached hydrogens (tertiary/aromatic N) is 6. The molecular weight excluding hydrogens is 220 g/mol. The van der Waals surface area contributed by atoms with Gasteiger partial charge in [-0.15, -0.1) is 0 Å². The van der Waals surface area contributed by atoms with E-state index < -0.39 is 16.9 Å². The van der Waals surface area contributed by atoms with Crippen molar-refractivity contribution in [2.45, 2.75) is 13.8 Å². The summed E-state index contributed by atoms with van der Waals surface area (Å²) in [4.78, 5) is 29.6. The number of imide groups is 1. The van der Waals surface area contributed by atoms with Crippen LogP contribution in [0.3, 0.4) is 0 Å². The average molecular weight is 230 g/mol. The number of carbonyl (C=O) groups excluding carboxylic acids is 2. The molecule has 10 nitrogen and oxygen atoms in total. The quantitative estimate of drug-likeness (QED) is 0.415. The second-order valence-corrected chi connectivity index (χ2v) is 2.10. The standard InChI is InChI=1S/C6H10N6O4/c1-3-8-10-15-5(13)12(7)6(14)16-11-9-4-2/h3-4H2,1-2H3. The summed E-state index contributed by atoms with van der Waals surface area (Å²) in [6.45, 7) is 3.86. The molecule has 0 aromatic heterocycles. The van der Waals surface area contributed by atoms with Crippen LogP contribution in [0.5, 0.6) is 0 Å². The third-order valence-corrected chi connectivity index (χ3v) is 0.982. The van der Waals surface area contributed by atoms with Crippen LogP contribution >= 0.6 is 0 Å². The van der Waals surface area contributed by atoms with E-state index in [1.165, 1.54) is 0 Å². The van der Waals surface area contributed by atoms with Crippen LogP contribution in [0.4, 0.5) is 9.59 Å². The van der Waals surface area contributed by atoms with Crippen LogP contribution < -0.4 is 0 Å². The molecule has 10 heteroatoms. The molecule has 0 aromatic carbocycles. The van der Waals surface area contributed by atoms with Gasteiger partial charge in [0.15, 0.2) is 0 Å². The summed E-state index contributed by atoms with van der Waals surface area (Å²) in [5, 5.41) is 12.4. The number of carbonyl (C=O) groups is 2. The maximum atomic E-state index is 10.8. The summed E-state index contributed by atoms with van der Waals surface area (Å²) in [6.07, 6.45) is -2.93. The van der Waals surface area contributed by atoms with Crippen LogP contribution in [0.15, 0.2) is 20.8 Å². The zero-order valence-electron chi connectivity index (χ0n) is 8.73. The predicted molar refractivity (Wildman–Crippen MR) is 47.4 cm³/mol. The van der Waals surface area contributed by atoms with Crippen molar-refractivity contribution in [3.05, 3.63) is 5.53 Å². The molecule has 0 rings (SSSR count). The Morgan fingerprint density at radius 3 is 1.75 bits per heavy atom. The van der Waals surface area contributed by atoms with E-state index >= 15 is 0 Å². The van der Waals surface area contributed by atoms with Crippen molar-refractivity contribution in [1.29, 1.82) is 0 Å². The normalized spacial score (nSPS) is 10.6. The Bertz CT molecular complexity index is 295. The zero-order valence-corrected chi connectivity index (χ0v) is 8.73. The van der Waals surface area contributed by atoms with Gasteiger partial charge < -0.3 is 5.53 Å². The molecule has 0 saturated carbocycles. The van der Waals surface area contributed by atoms with Crippen molar-refractivity contribution in [2.75, 3.05) is 13.1 Å². The van der Waals surface area contributed by atoms with Gasteiger partial charge in [-0.25, -0.2) is 9.68 Å². The molecule has 0 N–H and O–H groups in total. The highest BCUT2D eigenvalue weighted by molar-refractivity contribution is 5.72. The Hall–Kier alpha value is -2.26. The fourth-order valence-electron chi connectivity index (χ4n) is 0.395. The first-order valence-electron chi connectivity index (χ1n) is 4.28. The van der Waals surface area contributed by atoms with E-state index in [0.717, 1.165) is 0 Å². The minimum atomic E-state index is -1.46. The summed E-state index contributed by atoms with van der Waals surface area (Å²) in [6, 6.07) is 0. The van der Waals surface area contributed by atoms with Gasteiger partial charge in [-0.3, -0.25) is 0 Å². The molecule has 0 saturated heterocycles. The topological polar surface area (TPSA) is 127 Å². The number of hydrogen-bond acceptors (Lipinski definition) is 8. The maximum Gasteiger partial charge on any atom is 0.624 e. The van der Waals surface area contributed by atoms with Gasteiger partial charge >= 0.3 is 12.2 Å². The third kappa shape index (κ3) is 5.47. The lowest BCUT2D eigenvalue weighted by molar-refractivity contribution is -0.391. The third-order valence-electron chi connectivity index (χ3n) is 0.982. The highest BCUT2D eigenvalue weighted by atomic mass is 16.7. The first kappa shape index (κ1) is 13.7. The van der Waals surface area contributed by atoms with Crippen LogP contribution in [-0.4, -0.2) is 30.0 Å². The van der Waals surface area contributed by atoms with Crippen LogP contribution in [0.2, 0.25) is 0 Å². The van der Waals surface area contributed by atoms with Crippen LogP contribution in [0, 0.1) is 0 Å². The molecule has 0 spiro atoms. The van der Waals surface area contributed by atoms with E-state index in [-0.39, 0.29) is 13.1 Å². The summed E-state index contributed by atoms with van der Waals surface area (Å²) in [5.74, 6) is 0. The zero-order chi connectivity index (χ0) is 12.4. The SMILES string of the molecule is CCN=NOC(=O)[N+](=[N-])C(=O)ON=NCC. The van der Waals surface area contributed by atoms with Crippen molar-refractivity contribution < 1.29 is 24.0 Å². The molecule has 16 heavy (non-hydrogen) atoms. The van der Waals surface area contributed by atoms with Crippen LogP contribution in [0.25, 0.3) is 5.53 Å². The Kier molecular flexibility index (Phi) is 6.94. The summed E-state index contributed by atoms with van der Waals surface area (Å²) in [7, 11) is 0. The molecular formula is C6H10N6O4. The molecule has 0 unspecified atom stereocenters. The van der Waals surface area contributed by atoms with Crippen molar-refractivity contribution >= 4 is 12.2 Å². The second kappa shape index (κ2) is 8.08. The first-order valence-corrected chi connectivity index (χ1v) is 4.28. The van der Waals surface area contributed by atoms with Gasteiger partial charge in [0.2, 0.25) is 0 Å². The van der Waals surface area contributed by atoms with Crippen LogP contribution in [0.1, 0.15) is 13.8 Å². The predicted octanol–water partition coefficient (Wildman–Crippen LogP) is 2.07. The minimum Gasteiger partial charge on any atom is -0.481 e. The fourth-order valence-corrected chi connectivity index (χ4v) is 0.395. The number of rotatable bonds is 4. The van der Waals surface area contributed by atoms with E-state index in [4.69, 9.17) is 5.53 Å². The van der Waals surface area contributed by atoms with E-state index in [0.29, 0.717) is 0 Å². The van der Waals surface area contributed by atoms with Gasteiger partial charge in [0, 0.05) is 10.6 Å². The van der Waals surface area contributed by atoms with E-state index in [2.05, 4.69) is 30.5 Å². The van der Waals surface area contributed by atoms with Gasteiger partial charge in [-0.05, 0) is 13.8 Å². The molecule has 0 aliphatic carbocycles. The number of hydrogen-bond donors (Lipinski definition) is 0. The average Bonchev–Trinajstić information content (AvgIpc) is 2.28. The molecule has 0 aliphatic heterocycles. The Morgan fingerprint density at radius 2 is 1.44 bits per heavy atom. The van der Waals surface area contributed by atoms with Crippen molar-refractivity contribution in [2.24, 2.45) is 20.8 Å². The molecule has 88 valence electrons. The molecule has 0 radical (unpaired) electrons. The Balaban J connectivity index is 4.12. The lowest BCUT2D eigenvalue weighted by atomic mass is 10.8. The van der Waals surface area contributed by atoms with Gasteiger partial charge in [0.1, 0.15) is 0 Å². The van der Waals surface area contributed by atoms with Gasteiger partial charge in [0.05, 0.1) is 13.1 Å². The monoisotopic (exact) mass is 230 g/mol. The second-order valence-electron chi connectivity index (χ2n) is 2.10. The molecule has 0 bridgehead atoms. The van der Waals surface area contributed by atoms with Crippen LogP contribution in [-0.2, 0) is 9.68 Å². The molecule has 0 aromatic rings. The fraction of sp³-hybridized carbons (Fsp3) is 0.667. The summed E-state index contributed by atoms with van der Waals surface area (Å²) < 4.78 is -0.455. The highest BCUT2D eigenvalue weighted by Gasteiger charge is 2.26. The largest absolute Gasteiger partial charge is 0.624 e. The molecule has 0 atom stereocenters. The highest BCUT2D eigenvalue weighted by Crippen LogP contribution is 1.93. The van der Waals surface area contributed by atoms with Crippen molar-refractivity contribution in [3.8, 4) is 0 Å². The van der Waals surface area contributed by atoms with Gasteiger partial charge in [-0.2, -0.15) is 19.8 Å². The number of amides is 2. The lowest BCUT2D eigenvalue weighted by Gasteiger charge is -1.94. The van der Waals surface area contributed by atoms with E-state index in [1.54, 1.807) is 13.8 Å². The van der Waals surface area contributed by atoms with E-state index in [1.807, 2.05) is 0 Å². The molecule has 0 fully saturated rings. The van der Waals surface area contributed by atoms with Crippen molar-refractivity contribution in [1.82, 2.24) is 0 Å². The molecule has 0 heterocycles.